The molecule has 27 nitrogen and oxygen atoms in total. The minimum absolute atomic E-state index is 0.00562. The molecule has 0 unspecified atom stereocenters. The Labute approximate surface area is 380 Å². The Hall–Kier alpha value is -6.03. The quantitative estimate of drug-likeness (QED) is 0.0324. The Morgan fingerprint density at radius 2 is 1.21 bits per heavy atom. The van der Waals surface area contributed by atoms with E-state index in [0.717, 1.165) is 25.2 Å². The number of carbonyl (C=O) groups is 11. The number of rotatable bonds is 28. The molecular weight excluding hydrogens is 876 g/mol. The smallest absolute Gasteiger partial charge is 0.328 e. The lowest BCUT2D eigenvalue weighted by Gasteiger charge is -2.32. The van der Waals surface area contributed by atoms with E-state index in [2.05, 4.69) is 42.5 Å². The van der Waals surface area contributed by atoms with Gasteiger partial charge in [0.05, 0.1) is 31.3 Å². The van der Waals surface area contributed by atoms with E-state index in [1.807, 2.05) is 0 Å². The average Bonchev–Trinajstić information content (AvgIpc) is 3.97. The highest BCUT2D eigenvalue weighted by Crippen LogP contribution is 2.20. The number of likely N-dealkylation sites (tertiary alicyclic amines) is 1. The van der Waals surface area contributed by atoms with Crippen LogP contribution in [0.3, 0.4) is 0 Å². The third-order valence-corrected chi connectivity index (χ3v) is 10.8. The van der Waals surface area contributed by atoms with Crippen LogP contribution < -0.4 is 59.7 Å². The first-order valence-corrected chi connectivity index (χ1v) is 21.7. The highest BCUT2D eigenvalue weighted by molar-refractivity contribution is 5.99. The van der Waals surface area contributed by atoms with E-state index in [9.17, 15) is 73.2 Å². The molecule has 27 heteroatoms. The van der Waals surface area contributed by atoms with Crippen LogP contribution in [0.2, 0.25) is 0 Å². The number of hydrogen-bond acceptors (Lipinski definition) is 16. The number of nitrogens with two attached hydrogens (primary N) is 3. The van der Waals surface area contributed by atoms with Gasteiger partial charge in [0, 0.05) is 13.0 Å². The summed E-state index contributed by atoms with van der Waals surface area (Å²) in [6.45, 7) is 3.38. The van der Waals surface area contributed by atoms with Crippen molar-refractivity contribution in [2.24, 2.45) is 17.2 Å². The number of aliphatic hydroxyl groups is 3. The number of carboxylic acid groups (broad SMARTS) is 1. The van der Waals surface area contributed by atoms with Crippen molar-refractivity contribution in [3.8, 4) is 0 Å². The largest absolute Gasteiger partial charge is 0.480 e. The Morgan fingerprint density at radius 3 is 1.73 bits per heavy atom. The van der Waals surface area contributed by atoms with Crippen molar-refractivity contribution in [3.05, 3.63) is 0 Å². The SMILES string of the molecule is C[C@H](NC(=O)[C@@H]1CCCN1)C(=O)N[C@@H](CO)C(=O)N[C@@H](CCC(N)=O)C(=O)N[C@H](C(=O)N1CCC[C@H]1C(=O)N[C@@H](CC(N)=O)C(=O)N[C@@H](CCCCN)C(=O)N[C@H](C(=O)O)[C@@H](C)O)[C@@H](C)O. The van der Waals surface area contributed by atoms with Crippen LogP contribution in [0.4, 0.5) is 0 Å². The molecule has 2 saturated heterocycles. The van der Waals surface area contributed by atoms with Crippen molar-refractivity contribution < 1.29 is 73.2 Å². The molecule has 2 fully saturated rings. The molecule has 2 rings (SSSR count). The molecule has 18 N–H and O–H groups in total. The highest BCUT2D eigenvalue weighted by atomic mass is 16.4. The Kier molecular flexibility index (Phi) is 23.3. The van der Waals surface area contributed by atoms with E-state index in [1.54, 1.807) is 0 Å². The zero-order valence-electron chi connectivity index (χ0n) is 37.2. The molecular formula is C39H66N12O15. The predicted molar refractivity (Wildman–Crippen MR) is 228 cm³/mol. The molecule has 10 amide bonds. The summed E-state index contributed by atoms with van der Waals surface area (Å²) < 4.78 is 0. The number of aliphatic carboxylic acids is 1. The molecule has 2 aliphatic heterocycles. The molecule has 2 aliphatic rings. The summed E-state index contributed by atoms with van der Waals surface area (Å²) in [6, 6.07) is -13.0. The van der Waals surface area contributed by atoms with Crippen LogP contribution in [0.25, 0.3) is 0 Å². The molecule has 372 valence electrons. The van der Waals surface area contributed by atoms with E-state index >= 15 is 0 Å². The zero-order chi connectivity index (χ0) is 49.8. The molecule has 11 atom stereocenters. The Balaban J connectivity index is 2.25. The van der Waals surface area contributed by atoms with Gasteiger partial charge in [-0.2, -0.15) is 0 Å². The lowest BCUT2D eigenvalue weighted by Crippen LogP contribution is -2.62. The number of primary amides is 2. The van der Waals surface area contributed by atoms with Crippen LogP contribution in [-0.2, 0) is 52.7 Å². The second kappa shape index (κ2) is 27.4. The average molecular weight is 943 g/mol. The number of carbonyl (C=O) groups excluding carboxylic acids is 10. The molecule has 0 bridgehead atoms. The summed E-state index contributed by atoms with van der Waals surface area (Å²) in [4.78, 5) is 143. The molecule has 0 aromatic rings. The minimum Gasteiger partial charge on any atom is -0.480 e. The summed E-state index contributed by atoms with van der Waals surface area (Å²) in [7, 11) is 0. The molecule has 2 heterocycles. The highest BCUT2D eigenvalue weighted by Gasteiger charge is 2.42. The molecule has 0 aromatic carbocycles. The Morgan fingerprint density at radius 1 is 0.652 bits per heavy atom. The summed E-state index contributed by atoms with van der Waals surface area (Å²) >= 11 is 0. The van der Waals surface area contributed by atoms with Crippen molar-refractivity contribution in [2.45, 2.75) is 152 Å². The van der Waals surface area contributed by atoms with Crippen LogP contribution in [-0.4, -0.2) is 183 Å². The number of nitrogens with zero attached hydrogens (tertiary/aromatic N) is 1. The maximum absolute atomic E-state index is 14.0. The van der Waals surface area contributed by atoms with Gasteiger partial charge in [-0.3, -0.25) is 47.9 Å². The van der Waals surface area contributed by atoms with Crippen LogP contribution in [0, 0.1) is 0 Å². The van der Waals surface area contributed by atoms with Gasteiger partial charge in [-0.15, -0.1) is 0 Å². The second-order valence-corrected chi connectivity index (χ2v) is 16.2. The topological polar surface area (TPSA) is 446 Å². The van der Waals surface area contributed by atoms with Crippen molar-refractivity contribution in [1.29, 1.82) is 0 Å². The van der Waals surface area contributed by atoms with Gasteiger partial charge >= 0.3 is 5.97 Å². The van der Waals surface area contributed by atoms with E-state index in [-0.39, 0.29) is 38.8 Å². The molecule has 0 aliphatic carbocycles. The molecule has 0 saturated carbocycles. The van der Waals surface area contributed by atoms with Gasteiger partial charge < -0.3 is 85.1 Å². The van der Waals surface area contributed by atoms with Crippen LogP contribution >= 0.6 is 0 Å². The van der Waals surface area contributed by atoms with Gasteiger partial charge in [0.2, 0.25) is 59.1 Å². The lowest BCUT2D eigenvalue weighted by molar-refractivity contribution is -0.145. The molecule has 66 heavy (non-hydrogen) atoms. The second-order valence-electron chi connectivity index (χ2n) is 16.2. The first-order chi connectivity index (χ1) is 31.0. The summed E-state index contributed by atoms with van der Waals surface area (Å²) in [5.41, 5.74) is 16.2. The predicted octanol–water partition coefficient (Wildman–Crippen LogP) is -7.75. The number of nitrogens with one attached hydrogen (secondary N) is 8. The third-order valence-electron chi connectivity index (χ3n) is 10.8. The van der Waals surface area contributed by atoms with E-state index < -0.39 is 157 Å². The minimum atomic E-state index is -1.79. The number of unbranched alkanes of at least 4 members (excludes halogenated alkanes) is 1. The first-order valence-electron chi connectivity index (χ1n) is 21.7. The molecule has 0 radical (unpaired) electrons. The molecule has 0 aromatic heterocycles. The number of amides is 10. The number of carboxylic acids is 1. The van der Waals surface area contributed by atoms with Gasteiger partial charge in [0.15, 0.2) is 6.04 Å². The number of hydrogen-bond donors (Lipinski definition) is 15. The zero-order valence-corrected chi connectivity index (χ0v) is 37.2. The summed E-state index contributed by atoms with van der Waals surface area (Å²) in [5, 5.41) is 59.2. The fourth-order valence-corrected chi connectivity index (χ4v) is 7.09. The lowest BCUT2D eigenvalue weighted by atomic mass is 10.0. The maximum Gasteiger partial charge on any atom is 0.328 e. The van der Waals surface area contributed by atoms with Crippen LogP contribution in [0.15, 0.2) is 0 Å². The molecule has 0 spiro atoms. The van der Waals surface area contributed by atoms with E-state index in [0.29, 0.717) is 19.4 Å². The van der Waals surface area contributed by atoms with Gasteiger partial charge in [-0.05, 0) is 85.2 Å². The summed E-state index contributed by atoms with van der Waals surface area (Å²) in [6.07, 6.45) is -2.78. The van der Waals surface area contributed by atoms with Crippen molar-refractivity contribution >= 4 is 65.0 Å². The van der Waals surface area contributed by atoms with Crippen LogP contribution in [0.1, 0.15) is 85.0 Å². The summed E-state index contributed by atoms with van der Waals surface area (Å²) in [5.74, 6) is -11.1. The van der Waals surface area contributed by atoms with Gasteiger partial charge in [-0.1, -0.05) is 0 Å². The number of aliphatic hydroxyl groups excluding tert-OH is 3. The monoisotopic (exact) mass is 942 g/mol. The van der Waals surface area contributed by atoms with Crippen LogP contribution in [0.5, 0.6) is 0 Å². The maximum atomic E-state index is 14.0. The van der Waals surface area contributed by atoms with E-state index in [4.69, 9.17) is 17.2 Å². The van der Waals surface area contributed by atoms with Gasteiger partial charge in [0.25, 0.3) is 0 Å². The fraction of sp³-hybridized carbons (Fsp3) is 0.718. The third kappa shape index (κ3) is 17.7. The van der Waals surface area contributed by atoms with Crippen molar-refractivity contribution in [3.63, 3.8) is 0 Å². The normalized spacial score (nSPS) is 19.8. The van der Waals surface area contributed by atoms with Gasteiger partial charge in [0.1, 0.15) is 42.3 Å². The van der Waals surface area contributed by atoms with Gasteiger partial charge in [-0.25, -0.2) is 4.79 Å². The van der Waals surface area contributed by atoms with E-state index in [1.165, 1.54) is 6.92 Å². The first kappa shape index (κ1) is 56.1. The fourth-order valence-electron chi connectivity index (χ4n) is 7.09. The standard InChI is InChI=1S/C39H66N12O15/c1-18(44-32(58)21-9-6-14-43-21)31(57)48-25(17-52)36(62)46-23(11-12-27(41)55)34(60)49-29(19(2)53)38(64)51-15-7-10-26(51)37(63)47-24(16-28(42)56)35(61)45-22(8-4-5-13-40)33(59)50-30(20(3)54)39(65)66/h18-26,29-30,43,52-54H,4-17,40H2,1-3H3,(H2,41,55)(H2,42,56)(H,44,58)(H,45,61)(H,46,62)(H,47,63)(H,48,57)(H,49,60)(H,50,59)(H,65,66)/t18-,19+,20+,21-,22-,23-,24-,25-,26-,29-,30-/m0/s1. The van der Waals surface area contributed by atoms with Crippen molar-refractivity contribution in [2.75, 3.05) is 26.2 Å². The Bertz CT molecular complexity index is 1760. The van der Waals surface area contributed by atoms with Crippen molar-refractivity contribution in [1.82, 2.24) is 47.4 Å².